The van der Waals surface area contributed by atoms with Gasteiger partial charge in [0.05, 0.1) is 5.56 Å². The van der Waals surface area contributed by atoms with Gasteiger partial charge in [0.15, 0.2) is 11.6 Å². The maximum Gasteiger partial charge on any atom is 0.511 e. The fourth-order valence-electron chi connectivity index (χ4n) is 2.61. The van der Waals surface area contributed by atoms with Crippen molar-refractivity contribution in [3.63, 3.8) is 0 Å². The van der Waals surface area contributed by atoms with Crippen LogP contribution < -0.4 is 4.74 Å². The Morgan fingerprint density at radius 2 is 1.19 bits per heavy atom. The molecule has 1 N–H and O–H groups in total. The molecule has 3 aromatic carbocycles. The Kier molecular flexibility index (Phi) is 4.90. The molecular formula is C21H14O5. The van der Waals surface area contributed by atoms with Crippen LogP contribution in [0.15, 0.2) is 78.9 Å². The van der Waals surface area contributed by atoms with Crippen molar-refractivity contribution in [2.75, 3.05) is 0 Å². The summed E-state index contributed by atoms with van der Waals surface area (Å²) >= 11 is 0. The highest BCUT2D eigenvalue weighted by Crippen LogP contribution is 2.28. The third-order valence-corrected chi connectivity index (χ3v) is 3.77. The molecule has 128 valence electrons. The maximum absolute atomic E-state index is 13.0. The van der Waals surface area contributed by atoms with Crippen molar-refractivity contribution >= 4 is 17.7 Å². The first kappa shape index (κ1) is 17.1. The van der Waals surface area contributed by atoms with E-state index in [1.54, 1.807) is 60.7 Å². The minimum Gasteiger partial charge on any atom is -0.449 e. The molecule has 0 saturated carbocycles. The molecule has 5 heteroatoms. The second-order valence-electron chi connectivity index (χ2n) is 5.44. The molecule has 0 saturated heterocycles. The van der Waals surface area contributed by atoms with Crippen LogP contribution in [0.4, 0.5) is 4.79 Å². The number of benzene rings is 3. The number of hydrogen-bond donors (Lipinski definition) is 1. The number of rotatable bonds is 5. The summed E-state index contributed by atoms with van der Waals surface area (Å²) < 4.78 is 4.76. The van der Waals surface area contributed by atoms with E-state index in [0.717, 1.165) is 0 Å². The normalized spacial score (nSPS) is 10.2. The quantitative estimate of drug-likeness (QED) is 0.425. The van der Waals surface area contributed by atoms with Gasteiger partial charge in [0.25, 0.3) is 0 Å². The van der Waals surface area contributed by atoms with Crippen molar-refractivity contribution < 1.29 is 24.2 Å². The first-order chi connectivity index (χ1) is 12.6. The molecule has 0 heterocycles. The molecule has 0 amide bonds. The third kappa shape index (κ3) is 3.52. The highest BCUT2D eigenvalue weighted by Gasteiger charge is 2.24. The van der Waals surface area contributed by atoms with Crippen LogP contribution in [-0.2, 0) is 0 Å². The number of hydrogen-bond acceptors (Lipinski definition) is 4. The van der Waals surface area contributed by atoms with Gasteiger partial charge in [0, 0.05) is 16.7 Å². The molecular weight excluding hydrogens is 332 g/mol. The monoisotopic (exact) mass is 346 g/mol. The lowest BCUT2D eigenvalue weighted by molar-refractivity contribution is 0.0998. The summed E-state index contributed by atoms with van der Waals surface area (Å²) in [7, 11) is 0. The lowest BCUT2D eigenvalue weighted by Crippen LogP contribution is -2.15. The van der Waals surface area contributed by atoms with Crippen LogP contribution in [-0.4, -0.2) is 22.8 Å². The Hall–Kier alpha value is -3.73. The van der Waals surface area contributed by atoms with Crippen molar-refractivity contribution in [2.24, 2.45) is 0 Å². The standard InChI is InChI=1S/C21H14O5/c22-19(14-8-3-1-4-9-14)16-12-7-13-17(26-21(24)25)18(16)20(23)15-10-5-2-6-11-15/h1-13H,(H,24,25). The summed E-state index contributed by atoms with van der Waals surface area (Å²) in [5.74, 6) is -1.05. The number of ether oxygens (including phenoxy) is 1. The third-order valence-electron chi connectivity index (χ3n) is 3.77. The van der Waals surface area contributed by atoms with Crippen LogP contribution in [0.25, 0.3) is 0 Å². The van der Waals surface area contributed by atoms with E-state index in [9.17, 15) is 14.4 Å². The lowest BCUT2D eigenvalue weighted by Gasteiger charge is -2.12. The number of carbonyl (C=O) groups excluding carboxylic acids is 2. The topological polar surface area (TPSA) is 80.7 Å². The molecule has 0 aliphatic carbocycles. The minimum absolute atomic E-state index is 0.0741. The first-order valence-electron chi connectivity index (χ1n) is 7.81. The fourth-order valence-corrected chi connectivity index (χ4v) is 2.61. The van der Waals surface area contributed by atoms with Gasteiger partial charge in [-0.3, -0.25) is 9.59 Å². The molecule has 0 atom stereocenters. The molecule has 0 radical (unpaired) electrons. The average molecular weight is 346 g/mol. The first-order valence-corrected chi connectivity index (χ1v) is 7.81. The zero-order valence-corrected chi connectivity index (χ0v) is 13.6. The second-order valence-corrected chi connectivity index (χ2v) is 5.44. The molecule has 26 heavy (non-hydrogen) atoms. The summed E-state index contributed by atoms with van der Waals surface area (Å²) in [4.78, 5) is 36.9. The van der Waals surface area contributed by atoms with Gasteiger partial charge in [-0.05, 0) is 6.07 Å². The van der Waals surface area contributed by atoms with Gasteiger partial charge in [-0.1, -0.05) is 72.8 Å². The maximum atomic E-state index is 13.0. The van der Waals surface area contributed by atoms with Gasteiger partial charge in [0.2, 0.25) is 0 Å². The van der Waals surface area contributed by atoms with E-state index in [1.165, 1.54) is 18.2 Å². The highest BCUT2D eigenvalue weighted by atomic mass is 16.7. The van der Waals surface area contributed by atoms with E-state index < -0.39 is 11.9 Å². The molecule has 0 fully saturated rings. The Morgan fingerprint density at radius 1 is 0.654 bits per heavy atom. The predicted molar refractivity (Wildman–Crippen MR) is 94.8 cm³/mol. The van der Waals surface area contributed by atoms with Crippen LogP contribution in [0, 0.1) is 0 Å². The summed E-state index contributed by atoms with van der Waals surface area (Å²) in [6, 6.07) is 21.1. The zero-order valence-electron chi connectivity index (χ0n) is 13.6. The Balaban J connectivity index is 2.17. The van der Waals surface area contributed by atoms with Crippen molar-refractivity contribution in [1.29, 1.82) is 0 Å². The van der Waals surface area contributed by atoms with Gasteiger partial charge in [-0.25, -0.2) is 4.79 Å². The van der Waals surface area contributed by atoms with Crippen LogP contribution >= 0.6 is 0 Å². The van der Waals surface area contributed by atoms with E-state index in [1.807, 2.05) is 0 Å². The van der Waals surface area contributed by atoms with E-state index in [-0.39, 0.29) is 22.7 Å². The van der Waals surface area contributed by atoms with E-state index in [0.29, 0.717) is 11.1 Å². The van der Waals surface area contributed by atoms with E-state index in [4.69, 9.17) is 9.84 Å². The molecule has 0 unspecified atom stereocenters. The molecule has 0 spiro atoms. The van der Waals surface area contributed by atoms with Gasteiger partial charge >= 0.3 is 6.16 Å². The highest BCUT2D eigenvalue weighted by molar-refractivity contribution is 6.21. The minimum atomic E-state index is -1.56. The number of carbonyl (C=O) groups is 3. The van der Waals surface area contributed by atoms with Crippen LogP contribution in [0.2, 0.25) is 0 Å². The summed E-state index contributed by atoms with van der Waals surface area (Å²) in [5, 5.41) is 8.97. The Morgan fingerprint density at radius 3 is 1.73 bits per heavy atom. The SMILES string of the molecule is O=C(O)Oc1cccc(C(=O)c2ccccc2)c1C(=O)c1ccccc1. The van der Waals surface area contributed by atoms with Gasteiger partial charge in [0.1, 0.15) is 5.75 Å². The Labute approximate surface area is 149 Å². The molecule has 0 aromatic heterocycles. The van der Waals surface area contributed by atoms with Crippen molar-refractivity contribution in [3.8, 4) is 5.75 Å². The molecule has 0 bridgehead atoms. The summed E-state index contributed by atoms with van der Waals surface area (Å²) in [5.41, 5.74) is 0.733. The van der Waals surface area contributed by atoms with Crippen LogP contribution in [0.5, 0.6) is 5.75 Å². The molecule has 0 aliphatic rings. The predicted octanol–water partition coefficient (Wildman–Crippen LogP) is 4.21. The van der Waals surface area contributed by atoms with Gasteiger partial charge in [-0.2, -0.15) is 0 Å². The lowest BCUT2D eigenvalue weighted by atomic mass is 9.92. The summed E-state index contributed by atoms with van der Waals surface area (Å²) in [6.07, 6.45) is -1.56. The number of ketones is 2. The van der Waals surface area contributed by atoms with Crippen molar-refractivity contribution in [1.82, 2.24) is 0 Å². The largest absolute Gasteiger partial charge is 0.511 e. The molecule has 3 aromatic rings. The fraction of sp³-hybridized carbons (Fsp3) is 0. The van der Waals surface area contributed by atoms with Crippen molar-refractivity contribution in [3.05, 3.63) is 101 Å². The van der Waals surface area contributed by atoms with Crippen LogP contribution in [0.1, 0.15) is 31.8 Å². The zero-order chi connectivity index (χ0) is 18.5. The van der Waals surface area contributed by atoms with Crippen LogP contribution in [0.3, 0.4) is 0 Å². The smallest absolute Gasteiger partial charge is 0.449 e. The summed E-state index contributed by atoms with van der Waals surface area (Å²) in [6.45, 7) is 0. The number of carboxylic acid groups (broad SMARTS) is 1. The average Bonchev–Trinajstić information content (AvgIpc) is 2.67. The van der Waals surface area contributed by atoms with Gasteiger partial charge < -0.3 is 9.84 Å². The molecule has 5 nitrogen and oxygen atoms in total. The second kappa shape index (κ2) is 7.44. The Bertz CT molecular complexity index is 962. The van der Waals surface area contributed by atoms with Crippen molar-refractivity contribution in [2.45, 2.75) is 0 Å². The van der Waals surface area contributed by atoms with E-state index in [2.05, 4.69) is 0 Å². The van der Waals surface area contributed by atoms with Gasteiger partial charge in [-0.15, -0.1) is 0 Å². The van der Waals surface area contributed by atoms with E-state index >= 15 is 0 Å². The molecule has 0 aliphatic heterocycles. The molecule has 3 rings (SSSR count).